The van der Waals surface area contributed by atoms with E-state index >= 15 is 0 Å². The zero-order chi connectivity index (χ0) is 9.97. The van der Waals surface area contributed by atoms with E-state index in [1.165, 1.54) is 5.56 Å². The topological polar surface area (TPSA) is 13.1 Å². The number of aryl methyl sites for hydroxylation is 1. The van der Waals surface area contributed by atoms with Gasteiger partial charge in [0.1, 0.15) is 5.76 Å². The molecular weight excluding hydrogens is 172 g/mol. The van der Waals surface area contributed by atoms with E-state index in [0.29, 0.717) is 0 Å². The largest absolute Gasteiger partial charge is 0.464 e. The molecule has 0 radical (unpaired) electrons. The molecule has 0 amide bonds. The predicted molar refractivity (Wildman–Crippen MR) is 59.0 cm³/mol. The molecule has 0 aliphatic carbocycles. The molecular formula is C13H12O. The molecule has 2 aromatic rings. The van der Waals surface area contributed by atoms with Gasteiger partial charge >= 0.3 is 0 Å². The molecule has 0 aliphatic heterocycles. The molecule has 0 saturated carbocycles. The summed E-state index contributed by atoms with van der Waals surface area (Å²) < 4.78 is 5.43. The minimum absolute atomic E-state index is 0.892. The number of rotatable bonds is 2. The van der Waals surface area contributed by atoms with Crippen LogP contribution in [0.1, 0.15) is 11.1 Å². The van der Waals surface area contributed by atoms with Crippen LogP contribution in [0.2, 0.25) is 0 Å². The van der Waals surface area contributed by atoms with Crippen molar-refractivity contribution in [3.63, 3.8) is 0 Å². The third-order valence-corrected chi connectivity index (χ3v) is 2.16. The molecule has 0 unspecified atom stereocenters. The highest BCUT2D eigenvalue weighted by molar-refractivity contribution is 5.62. The van der Waals surface area contributed by atoms with Crippen molar-refractivity contribution < 1.29 is 4.42 Å². The zero-order valence-electron chi connectivity index (χ0n) is 8.16. The van der Waals surface area contributed by atoms with Crippen molar-refractivity contribution in [2.24, 2.45) is 0 Å². The zero-order valence-corrected chi connectivity index (χ0v) is 8.16. The van der Waals surface area contributed by atoms with Crippen LogP contribution in [0.4, 0.5) is 0 Å². The molecule has 0 fully saturated rings. The third-order valence-electron chi connectivity index (χ3n) is 2.16. The normalized spacial score (nSPS) is 10.1. The van der Waals surface area contributed by atoms with Crippen LogP contribution in [0, 0.1) is 6.92 Å². The Morgan fingerprint density at radius 3 is 2.79 bits per heavy atom. The van der Waals surface area contributed by atoms with E-state index in [9.17, 15) is 0 Å². The molecule has 0 N–H and O–H groups in total. The lowest BCUT2D eigenvalue weighted by atomic mass is 10.1. The summed E-state index contributed by atoms with van der Waals surface area (Å²) in [6.07, 6.45) is 3.49. The highest BCUT2D eigenvalue weighted by Gasteiger charge is 2.02. The van der Waals surface area contributed by atoms with Crippen LogP contribution in [0.3, 0.4) is 0 Å². The van der Waals surface area contributed by atoms with Gasteiger partial charge in [0.2, 0.25) is 0 Å². The van der Waals surface area contributed by atoms with Gasteiger partial charge < -0.3 is 4.42 Å². The van der Waals surface area contributed by atoms with Crippen LogP contribution in [-0.2, 0) is 0 Å². The SMILES string of the molecule is C=Cc1coc(-c2cccc(C)c2)c1. The van der Waals surface area contributed by atoms with Gasteiger partial charge in [0.25, 0.3) is 0 Å². The van der Waals surface area contributed by atoms with Gasteiger partial charge in [-0.3, -0.25) is 0 Å². The average Bonchev–Trinajstić information content (AvgIpc) is 2.66. The maximum atomic E-state index is 5.43. The second-order valence-electron chi connectivity index (χ2n) is 3.32. The summed E-state index contributed by atoms with van der Waals surface area (Å²) >= 11 is 0. The van der Waals surface area contributed by atoms with Gasteiger partial charge in [0.05, 0.1) is 6.26 Å². The fourth-order valence-electron chi connectivity index (χ4n) is 1.41. The summed E-state index contributed by atoms with van der Waals surface area (Å²) in [7, 11) is 0. The van der Waals surface area contributed by atoms with Gasteiger partial charge in [-0.05, 0) is 19.1 Å². The molecule has 0 bridgehead atoms. The molecule has 14 heavy (non-hydrogen) atoms. The maximum absolute atomic E-state index is 5.43. The lowest BCUT2D eigenvalue weighted by Gasteiger charge is -1.97. The Morgan fingerprint density at radius 2 is 2.14 bits per heavy atom. The maximum Gasteiger partial charge on any atom is 0.134 e. The van der Waals surface area contributed by atoms with Crippen molar-refractivity contribution in [2.45, 2.75) is 6.92 Å². The number of benzene rings is 1. The van der Waals surface area contributed by atoms with E-state index in [-0.39, 0.29) is 0 Å². The van der Waals surface area contributed by atoms with Crippen LogP contribution in [0.15, 0.2) is 47.6 Å². The van der Waals surface area contributed by atoms with Gasteiger partial charge in [-0.25, -0.2) is 0 Å². The van der Waals surface area contributed by atoms with Gasteiger partial charge in [0, 0.05) is 11.1 Å². The number of hydrogen-bond donors (Lipinski definition) is 0. The first-order valence-electron chi connectivity index (χ1n) is 4.57. The minimum Gasteiger partial charge on any atom is -0.464 e. The Hall–Kier alpha value is -1.76. The second kappa shape index (κ2) is 3.54. The lowest BCUT2D eigenvalue weighted by molar-refractivity contribution is 0.581. The molecule has 0 aliphatic rings. The lowest BCUT2D eigenvalue weighted by Crippen LogP contribution is -1.75. The van der Waals surface area contributed by atoms with Crippen LogP contribution in [0.25, 0.3) is 17.4 Å². The van der Waals surface area contributed by atoms with Crippen LogP contribution in [0.5, 0.6) is 0 Å². The van der Waals surface area contributed by atoms with Crippen LogP contribution < -0.4 is 0 Å². The fraction of sp³-hybridized carbons (Fsp3) is 0.0769. The van der Waals surface area contributed by atoms with Crippen molar-refractivity contribution in [2.75, 3.05) is 0 Å². The molecule has 1 nitrogen and oxygen atoms in total. The van der Waals surface area contributed by atoms with Gasteiger partial charge in [-0.1, -0.05) is 36.4 Å². The standard InChI is InChI=1S/C13H12O/c1-3-11-8-13(14-9-11)12-6-4-5-10(2)7-12/h3-9H,1H2,2H3. The molecule has 0 atom stereocenters. The molecule has 1 heterocycles. The summed E-state index contributed by atoms with van der Waals surface area (Å²) in [5.74, 6) is 0.892. The van der Waals surface area contributed by atoms with Crippen molar-refractivity contribution in [3.8, 4) is 11.3 Å². The Morgan fingerprint density at radius 1 is 1.29 bits per heavy atom. The number of hydrogen-bond acceptors (Lipinski definition) is 1. The summed E-state index contributed by atoms with van der Waals surface area (Å²) in [5.41, 5.74) is 3.36. The Balaban J connectivity index is 2.43. The molecule has 2 rings (SSSR count). The Kier molecular flexibility index (Phi) is 2.23. The second-order valence-corrected chi connectivity index (χ2v) is 3.32. The first-order chi connectivity index (χ1) is 6.79. The summed E-state index contributed by atoms with van der Waals surface area (Å²) in [6, 6.07) is 10.2. The van der Waals surface area contributed by atoms with Crippen molar-refractivity contribution in [1.29, 1.82) is 0 Å². The Bertz CT molecular complexity index is 452. The van der Waals surface area contributed by atoms with E-state index in [4.69, 9.17) is 4.42 Å². The van der Waals surface area contributed by atoms with Gasteiger partial charge in [0.15, 0.2) is 0 Å². The molecule has 0 saturated heterocycles. The summed E-state index contributed by atoms with van der Waals surface area (Å²) in [4.78, 5) is 0. The molecule has 1 aromatic carbocycles. The minimum atomic E-state index is 0.892. The van der Waals surface area contributed by atoms with Gasteiger partial charge in [-0.15, -0.1) is 0 Å². The summed E-state index contributed by atoms with van der Waals surface area (Å²) in [6.45, 7) is 5.77. The predicted octanol–water partition coefficient (Wildman–Crippen LogP) is 3.90. The Labute approximate surface area is 83.7 Å². The summed E-state index contributed by atoms with van der Waals surface area (Å²) in [5, 5.41) is 0. The van der Waals surface area contributed by atoms with E-state index in [2.05, 4.69) is 25.6 Å². The smallest absolute Gasteiger partial charge is 0.134 e. The van der Waals surface area contributed by atoms with Crippen LogP contribution in [-0.4, -0.2) is 0 Å². The molecule has 1 heteroatoms. The van der Waals surface area contributed by atoms with Crippen molar-refractivity contribution >= 4 is 6.08 Å². The fourth-order valence-corrected chi connectivity index (χ4v) is 1.41. The van der Waals surface area contributed by atoms with E-state index in [1.54, 1.807) is 12.3 Å². The van der Waals surface area contributed by atoms with Crippen molar-refractivity contribution in [3.05, 3.63) is 54.3 Å². The molecule has 1 aromatic heterocycles. The average molecular weight is 184 g/mol. The monoisotopic (exact) mass is 184 g/mol. The highest BCUT2D eigenvalue weighted by atomic mass is 16.3. The molecule has 0 spiro atoms. The van der Waals surface area contributed by atoms with Crippen LogP contribution >= 0.6 is 0 Å². The van der Waals surface area contributed by atoms with E-state index in [1.807, 2.05) is 18.2 Å². The van der Waals surface area contributed by atoms with E-state index in [0.717, 1.165) is 16.9 Å². The highest BCUT2D eigenvalue weighted by Crippen LogP contribution is 2.23. The first kappa shape index (κ1) is 8.82. The van der Waals surface area contributed by atoms with Crippen molar-refractivity contribution in [1.82, 2.24) is 0 Å². The van der Waals surface area contributed by atoms with Gasteiger partial charge in [-0.2, -0.15) is 0 Å². The van der Waals surface area contributed by atoms with E-state index < -0.39 is 0 Å². The third kappa shape index (κ3) is 1.62. The molecule has 70 valence electrons. The first-order valence-corrected chi connectivity index (χ1v) is 4.57. The number of furan rings is 1. The quantitative estimate of drug-likeness (QED) is 0.690.